The van der Waals surface area contributed by atoms with E-state index in [1.807, 2.05) is 12.1 Å². The number of hydrogen-bond donors (Lipinski definition) is 0. The summed E-state index contributed by atoms with van der Waals surface area (Å²) in [4.78, 5) is 26.7. The summed E-state index contributed by atoms with van der Waals surface area (Å²) in [6.45, 7) is 0.314. The molecule has 0 saturated carbocycles. The van der Waals surface area contributed by atoms with E-state index < -0.39 is 5.91 Å². The van der Waals surface area contributed by atoms with Crippen molar-refractivity contribution in [3.63, 3.8) is 0 Å². The lowest BCUT2D eigenvalue weighted by atomic mass is 10.2. The van der Waals surface area contributed by atoms with Gasteiger partial charge in [0.15, 0.2) is 5.75 Å². The Bertz CT molecular complexity index is 1210. The summed E-state index contributed by atoms with van der Waals surface area (Å²) in [6, 6.07) is 17.3. The van der Waals surface area contributed by atoms with Gasteiger partial charge in [-0.05, 0) is 93.4 Å². The highest BCUT2D eigenvalue weighted by Gasteiger charge is 2.36. The fourth-order valence-corrected chi connectivity index (χ4v) is 5.05. The predicted octanol–water partition coefficient (Wildman–Crippen LogP) is 8.23. The summed E-state index contributed by atoms with van der Waals surface area (Å²) in [5.74, 6) is 0.0747. The summed E-state index contributed by atoms with van der Waals surface area (Å²) < 4.78 is 6.48. The van der Waals surface area contributed by atoms with E-state index in [-0.39, 0.29) is 5.24 Å². The van der Waals surface area contributed by atoms with Gasteiger partial charge in [0, 0.05) is 10.0 Å². The first-order chi connectivity index (χ1) is 15.3. The zero-order valence-electron chi connectivity index (χ0n) is 16.2. The highest BCUT2D eigenvalue weighted by molar-refractivity contribution is 9.10. The maximum absolute atomic E-state index is 12.8. The van der Waals surface area contributed by atoms with E-state index in [0.717, 1.165) is 22.2 Å². The minimum atomic E-state index is -0.405. The van der Waals surface area contributed by atoms with E-state index >= 15 is 0 Å². The molecule has 0 aromatic heterocycles. The van der Waals surface area contributed by atoms with Gasteiger partial charge in [-0.1, -0.05) is 46.9 Å². The number of carbonyl (C=O) groups excluding carboxylic acids is 2. The van der Waals surface area contributed by atoms with Crippen LogP contribution in [0.4, 0.5) is 10.5 Å². The highest BCUT2D eigenvalue weighted by Crippen LogP contribution is 2.39. The van der Waals surface area contributed by atoms with Gasteiger partial charge in [0.1, 0.15) is 6.61 Å². The molecular weight excluding hydrogens is 557 g/mol. The lowest BCUT2D eigenvalue weighted by molar-refractivity contribution is -0.113. The number of rotatable bonds is 5. The molecule has 1 heterocycles. The van der Waals surface area contributed by atoms with Crippen LogP contribution in [0.1, 0.15) is 11.1 Å². The number of hydrogen-bond acceptors (Lipinski definition) is 4. The monoisotopic (exact) mass is 567 g/mol. The van der Waals surface area contributed by atoms with Crippen molar-refractivity contribution in [2.75, 3.05) is 4.90 Å². The van der Waals surface area contributed by atoms with Gasteiger partial charge >= 0.3 is 0 Å². The Hall–Kier alpha value is -1.96. The first-order valence-corrected chi connectivity index (χ1v) is 12.0. The summed E-state index contributed by atoms with van der Waals surface area (Å²) in [5, 5.41) is 1.17. The molecule has 1 fully saturated rings. The second-order valence-electron chi connectivity index (χ2n) is 6.72. The molecular formula is C23H13BrCl3NO3S. The molecule has 1 aliphatic heterocycles. The Labute approximate surface area is 212 Å². The van der Waals surface area contributed by atoms with E-state index in [2.05, 4.69) is 15.9 Å². The quantitative estimate of drug-likeness (QED) is 0.291. The minimum absolute atomic E-state index is 0.294. The van der Waals surface area contributed by atoms with E-state index in [0.29, 0.717) is 48.1 Å². The standard InChI is InChI=1S/C23H13BrCl3NO3S/c24-18-9-14(10-19(27)21(18)31-12-13-1-3-15(25)4-2-13)11-20-22(29)28(23(30)32-20)17-7-5-16(26)6-8-17/h1-11H,12H2/b20-11+. The van der Waals surface area contributed by atoms with E-state index in [1.165, 1.54) is 0 Å². The molecule has 0 atom stereocenters. The van der Waals surface area contributed by atoms with Crippen molar-refractivity contribution in [1.29, 1.82) is 0 Å². The van der Waals surface area contributed by atoms with Crippen LogP contribution in [0.3, 0.4) is 0 Å². The molecule has 0 N–H and O–H groups in total. The van der Waals surface area contributed by atoms with Crippen molar-refractivity contribution in [1.82, 2.24) is 0 Å². The molecule has 0 radical (unpaired) electrons. The van der Waals surface area contributed by atoms with E-state index in [9.17, 15) is 9.59 Å². The molecule has 1 saturated heterocycles. The van der Waals surface area contributed by atoms with E-state index in [1.54, 1.807) is 54.6 Å². The van der Waals surface area contributed by atoms with Crippen molar-refractivity contribution in [2.24, 2.45) is 0 Å². The number of thioether (sulfide) groups is 1. The van der Waals surface area contributed by atoms with Gasteiger partial charge in [-0.3, -0.25) is 9.59 Å². The molecule has 9 heteroatoms. The third kappa shape index (κ3) is 5.16. The van der Waals surface area contributed by atoms with Crippen LogP contribution in [0.15, 0.2) is 70.0 Å². The highest BCUT2D eigenvalue weighted by atomic mass is 79.9. The van der Waals surface area contributed by atoms with Gasteiger partial charge in [-0.15, -0.1) is 0 Å². The molecule has 1 aliphatic rings. The SMILES string of the molecule is O=C1S/C(=C/c2cc(Cl)c(OCc3ccc(Cl)cc3)c(Br)c2)C(=O)N1c1ccc(Cl)cc1. The molecule has 0 bridgehead atoms. The molecule has 3 aromatic carbocycles. The Morgan fingerprint density at radius 2 is 1.56 bits per heavy atom. The van der Waals surface area contributed by atoms with Crippen molar-refractivity contribution in [3.05, 3.63) is 96.2 Å². The molecule has 2 amide bonds. The van der Waals surface area contributed by atoms with Crippen molar-refractivity contribution >= 4 is 85.4 Å². The number of benzene rings is 3. The average molecular weight is 570 g/mol. The number of nitrogens with zero attached hydrogens (tertiary/aromatic N) is 1. The first kappa shape index (κ1) is 23.2. The largest absolute Gasteiger partial charge is 0.486 e. The van der Waals surface area contributed by atoms with Crippen LogP contribution in [0.25, 0.3) is 6.08 Å². The average Bonchev–Trinajstić information content (AvgIpc) is 3.02. The van der Waals surface area contributed by atoms with Crippen molar-refractivity contribution < 1.29 is 14.3 Å². The first-order valence-electron chi connectivity index (χ1n) is 9.21. The van der Waals surface area contributed by atoms with Gasteiger partial charge in [0.2, 0.25) is 0 Å². The molecule has 162 valence electrons. The predicted molar refractivity (Wildman–Crippen MR) is 135 cm³/mol. The molecule has 3 aromatic rings. The zero-order chi connectivity index (χ0) is 22.8. The summed E-state index contributed by atoms with van der Waals surface area (Å²) in [7, 11) is 0. The number of amides is 2. The number of carbonyl (C=O) groups is 2. The van der Waals surface area contributed by atoms with Gasteiger partial charge in [-0.25, -0.2) is 4.90 Å². The van der Waals surface area contributed by atoms with Crippen LogP contribution in [-0.4, -0.2) is 11.1 Å². The second kappa shape index (κ2) is 9.89. The number of ether oxygens (including phenoxy) is 1. The number of halogens is 4. The van der Waals surface area contributed by atoms with Crippen LogP contribution >= 0.6 is 62.5 Å². The van der Waals surface area contributed by atoms with Crippen LogP contribution in [0.2, 0.25) is 15.1 Å². The topological polar surface area (TPSA) is 46.6 Å². The minimum Gasteiger partial charge on any atom is -0.486 e. The maximum atomic E-state index is 12.8. The Morgan fingerprint density at radius 1 is 0.938 bits per heavy atom. The fourth-order valence-electron chi connectivity index (χ4n) is 2.97. The third-order valence-electron chi connectivity index (χ3n) is 4.49. The molecule has 0 spiro atoms. The number of anilines is 1. The normalized spacial score (nSPS) is 15.0. The van der Waals surface area contributed by atoms with Crippen LogP contribution in [0, 0.1) is 0 Å². The van der Waals surface area contributed by atoms with E-state index in [4.69, 9.17) is 39.5 Å². The van der Waals surface area contributed by atoms with Gasteiger partial charge in [0.25, 0.3) is 11.1 Å². The molecule has 4 nitrogen and oxygen atoms in total. The van der Waals surface area contributed by atoms with Gasteiger partial charge in [0.05, 0.1) is 20.1 Å². The van der Waals surface area contributed by atoms with Crippen LogP contribution in [0.5, 0.6) is 5.75 Å². The van der Waals surface area contributed by atoms with Crippen molar-refractivity contribution in [3.8, 4) is 5.75 Å². The van der Waals surface area contributed by atoms with Gasteiger partial charge in [-0.2, -0.15) is 0 Å². The van der Waals surface area contributed by atoms with Crippen molar-refractivity contribution in [2.45, 2.75) is 6.61 Å². The molecule has 0 aliphatic carbocycles. The summed E-state index contributed by atoms with van der Waals surface area (Å²) in [6.07, 6.45) is 1.63. The summed E-state index contributed by atoms with van der Waals surface area (Å²) in [5.41, 5.74) is 2.06. The Balaban J connectivity index is 1.54. The second-order valence-corrected chi connectivity index (χ2v) is 9.85. The van der Waals surface area contributed by atoms with Crippen LogP contribution in [-0.2, 0) is 11.4 Å². The Morgan fingerprint density at radius 3 is 2.19 bits per heavy atom. The van der Waals surface area contributed by atoms with Gasteiger partial charge < -0.3 is 4.74 Å². The van der Waals surface area contributed by atoms with Crippen LogP contribution < -0.4 is 9.64 Å². The maximum Gasteiger partial charge on any atom is 0.298 e. The Kier molecular flexibility index (Phi) is 7.17. The summed E-state index contributed by atoms with van der Waals surface area (Å²) >= 11 is 22.6. The fraction of sp³-hybridized carbons (Fsp3) is 0.0435. The lowest BCUT2D eigenvalue weighted by Crippen LogP contribution is -2.27. The smallest absolute Gasteiger partial charge is 0.298 e. The third-order valence-corrected chi connectivity index (χ3v) is 6.74. The lowest BCUT2D eigenvalue weighted by Gasteiger charge is -2.12. The molecule has 4 rings (SSSR count). The molecule has 32 heavy (non-hydrogen) atoms. The number of imide groups is 1. The molecule has 0 unspecified atom stereocenters. The zero-order valence-corrected chi connectivity index (χ0v) is 20.8.